The van der Waals surface area contributed by atoms with Crippen LogP contribution in [0.25, 0.3) is 6.08 Å². The third kappa shape index (κ3) is 5.51. The maximum atomic E-state index is 13.1. The largest absolute Gasteiger partial charge is 0.481 e. The normalized spacial score (nSPS) is 10.8. The standard InChI is InChI=1S/C14H15FO5/c1-9(2)20-14(18)8-19-12-5-4-11(15)7-10(12)3-6-13(16)17/h3-7,9H,8H2,1-2H3,(H,16,17)/b6-3+. The molecule has 0 spiro atoms. The number of benzene rings is 1. The summed E-state index contributed by atoms with van der Waals surface area (Å²) in [4.78, 5) is 21.8. The van der Waals surface area contributed by atoms with Crippen LogP contribution in [0.1, 0.15) is 19.4 Å². The zero-order valence-electron chi connectivity index (χ0n) is 11.1. The first kappa shape index (κ1) is 15.7. The lowest BCUT2D eigenvalue weighted by Crippen LogP contribution is -2.19. The summed E-state index contributed by atoms with van der Waals surface area (Å²) in [6, 6.07) is 3.59. The highest BCUT2D eigenvalue weighted by atomic mass is 19.1. The smallest absolute Gasteiger partial charge is 0.344 e. The van der Waals surface area contributed by atoms with E-state index in [9.17, 15) is 14.0 Å². The fourth-order valence-corrected chi connectivity index (χ4v) is 1.38. The van der Waals surface area contributed by atoms with E-state index < -0.39 is 17.8 Å². The van der Waals surface area contributed by atoms with Gasteiger partial charge in [0.05, 0.1) is 6.10 Å². The van der Waals surface area contributed by atoms with Crippen LogP contribution >= 0.6 is 0 Å². The number of aliphatic carboxylic acids is 1. The van der Waals surface area contributed by atoms with E-state index in [2.05, 4.69) is 0 Å². The Labute approximate surface area is 115 Å². The van der Waals surface area contributed by atoms with Crippen LogP contribution in [0.4, 0.5) is 4.39 Å². The van der Waals surface area contributed by atoms with Gasteiger partial charge in [-0.25, -0.2) is 14.0 Å². The minimum Gasteiger partial charge on any atom is -0.481 e. The highest BCUT2D eigenvalue weighted by Crippen LogP contribution is 2.21. The highest BCUT2D eigenvalue weighted by Gasteiger charge is 2.09. The van der Waals surface area contributed by atoms with Crippen LogP contribution in [0, 0.1) is 5.82 Å². The molecule has 0 saturated heterocycles. The number of halogens is 1. The molecule has 5 nitrogen and oxygen atoms in total. The number of hydrogen-bond acceptors (Lipinski definition) is 4. The molecule has 0 atom stereocenters. The molecule has 108 valence electrons. The van der Waals surface area contributed by atoms with Gasteiger partial charge in [-0.3, -0.25) is 0 Å². The molecule has 0 amide bonds. The lowest BCUT2D eigenvalue weighted by molar-refractivity contribution is -0.149. The maximum Gasteiger partial charge on any atom is 0.344 e. The zero-order chi connectivity index (χ0) is 15.1. The molecule has 1 aromatic rings. The van der Waals surface area contributed by atoms with Gasteiger partial charge >= 0.3 is 11.9 Å². The molecule has 1 N–H and O–H groups in total. The van der Waals surface area contributed by atoms with Gasteiger partial charge in [0.2, 0.25) is 0 Å². The van der Waals surface area contributed by atoms with Crippen molar-refractivity contribution in [1.82, 2.24) is 0 Å². The summed E-state index contributed by atoms with van der Waals surface area (Å²) >= 11 is 0. The van der Waals surface area contributed by atoms with Crippen LogP contribution < -0.4 is 4.74 Å². The summed E-state index contributed by atoms with van der Waals surface area (Å²) in [5, 5.41) is 8.56. The summed E-state index contributed by atoms with van der Waals surface area (Å²) in [6.07, 6.45) is 1.79. The van der Waals surface area contributed by atoms with Crippen LogP contribution in [0.15, 0.2) is 24.3 Å². The van der Waals surface area contributed by atoms with Crippen LogP contribution in [0.3, 0.4) is 0 Å². The van der Waals surface area contributed by atoms with E-state index in [4.69, 9.17) is 14.6 Å². The summed E-state index contributed by atoms with van der Waals surface area (Å²) in [6.45, 7) is 3.07. The molecule has 0 radical (unpaired) electrons. The van der Waals surface area contributed by atoms with Gasteiger partial charge in [-0.15, -0.1) is 0 Å². The number of ether oxygens (including phenoxy) is 2. The summed E-state index contributed by atoms with van der Waals surface area (Å²) in [5.74, 6) is -2.06. The Morgan fingerprint density at radius 2 is 2.10 bits per heavy atom. The number of carbonyl (C=O) groups is 2. The third-order valence-electron chi connectivity index (χ3n) is 2.09. The SMILES string of the molecule is CC(C)OC(=O)COc1ccc(F)cc1/C=C/C(=O)O. The lowest BCUT2D eigenvalue weighted by Gasteiger charge is -2.11. The molecular formula is C14H15FO5. The minimum absolute atomic E-state index is 0.199. The number of carboxylic acid groups (broad SMARTS) is 1. The Morgan fingerprint density at radius 3 is 2.70 bits per heavy atom. The third-order valence-corrected chi connectivity index (χ3v) is 2.09. The Balaban J connectivity index is 2.78. The second-order valence-electron chi connectivity index (χ2n) is 4.18. The van der Waals surface area contributed by atoms with Gasteiger partial charge < -0.3 is 14.6 Å². The van der Waals surface area contributed by atoms with E-state index in [1.807, 2.05) is 0 Å². The Bertz CT molecular complexity index is 522. The van der Waals surface area contributed by atoms with E-state index in [1.54, 1.807) is 13.8 Å². The zero-order valence-corrected chi connectivity index (χ0v) is 11.1. The first-order chi connectivity index (χ1) is 9.38. The maximum absolute atomic E-state index is 13.1. The van der Waals surface area contributed by atoms with Gasteiger partial charge in [-0.1, -0.05) is 0 Å². The number of esters is 1. The van der Waals surface area contributed by atoms with Crippen molar-refractivity contribution in [3.63, 3.8) is 0 Å². The predicted molar refractivity (Wildman–Crippen MR) is 69.8 cm³/mol. The second kappa shape index (κ2) is 7.28. The monoisotopic (exact) mass is 282 g/mol. The molecule has 0 heterocycles. The van der Waals surface area contributed by atoms with Crippen molar-refractivity contribution in [1.29, 1.82) is 0 Å². The molecule has 6 heteroatoms. The van der Waals surface area contributed by atoms with Gasteiger partial charge in [0.15, 0.2) is 6.61 Å². The molecule has 0 unspecified atom stereocenters. The van der Waals surface area contributed by atoms with Crippen molar-refractivity contribution in [3.05, 3.63) is 35.7 Å². The lowest BCUT2D eigenvalue weighted by atomic mass is 10.2. The predicted octanol–water partition coefficient (Wildman–Crippen LogP) is 2.25. The van der Waals surface area contributed by atoms with Crippen molar-refractivity contribution >= 4 is 18.0 Å². The van der Waals surface area contributed by atoms with Crippen molar-refractivity contribution in [2.75, 3.05) is 6.61 Å². The number of carbonyl (C=O) groups excluding carboxylic acids is 1. The fourth-order valence-electron chi connectivity index (χ4n) is 1.38. The van der Waals surface area contributed by atoms with E-state index >= 15 is 0 Å². The average molecular weight is 282 g/mol. The molecule has 0 bridgehead atoms. The van der Waals surface area contributed by atoms with Crippen LogP contribution in [-0.4, -0.2) is 29.8 Å². The number of hydrogen-bond donors (Lipinski definition) is 1. The van der Waals surface area contributed by atoms with Gasteiger partial charge in [0.25, 0.3) is 0 Å². The summed E-state index contributed by atoms with van der Waals surface area (Å²) in [7, 11) is 0. The molecule has 0 aliphatic rings. The summed E-state index contributed by atoms with van der Waals surface area (Å²) in [5.41, 5.74) is 0.227. The molecule has 0 aliphatic heterocycles. The Hall–Kier alpha value is -2.37. The van der Waals surface area contributed by atoms with Crippen molar-refractivity contribution < 1.29 is 28.6 Å². The minimum atomic E-state index is -1.17. The topological polar surface area (TPSA) is 72.8 Å². The van der Waals surface area contributed by atoms with Gasteiger partial charge in [0.1, 0.15) is 11.6 Å². The average Bonchev–Trinajstić information content (AvgIpc) is 2.34. The van der Waals surface area contributed by atoms with E-state index in [1.165, 1.54) is 12.1 Å². The molecule has 1 rings (SSSR count). The Morgan fingerprint density at radius 1 is 1.40 bits per heavy atom. The molecule has 0 aliphatic carbocycles. The molecular weight excluding hydrogens is 267 g/mol. The molecule has 20 heavy (non-hydrogen) atoms. The molecule has 0 saturated carbocycles. The van der Waals surface area contributed by atoms with E-state index in [-0.39, 0.29) is 24.0 Å². The van der Waals surface area contributed by atoms with E-state index in [0.29, 0.717) is 0 Å². The second-order valence-corrected chi connectivity index (χ2v) is 4.18. The van der Waals surface area contributed by atoms with Gasteiger partial charge in [-0.2, -0.15) is 0 Å². The van der Waals surface area contributed by atoms with Crippen molar-refractivity contribution in [2.45, 2.75) is 20.0 Å². The quantitative estimate of drug-likeness (QED) is 0.640. The molecule has 1 aromatic carbocycles. The van der Waals surface area contributed by atoms with Crippen LogP contribution in [-0.2, 0) is 14.3 Å². The Kier molecular flexibility index (Phi) is 5.71. The first-order valence-electron chi connectivity index (χ1n) is 5.91. The fraction of sp³-hybridized carbons (Fsp3) is 0.286. The first-order valence-corrected chi connectivity index (χ1v) is 5.91. The molecule has 0 fully saturated rings. The van der Waals surface area contributed by atoms with Gasteiger partial charge in [-0.05, 0) is 38.1 Å². The summed E-state index contributed by atoms with van der Waals surface area (Å²) < 4.78 is 23.2. The number of carboxylic acids is 1. The van der Waals surface area contributed by atoms with Crippen molar-refractivity contribution in [3.8, 4) is 5.75 Å². The number of rotatable bonds is 6. The van der Waals surface area contributed by atoms with Crippen LogP contribution in [0.5, 0.6) is 5.75 Å². The highest BCUT2D eigenvalue weighted by molar-refractivity contribution is 5.86. The van der Waals surface area contributed by atoms with Crippen molar-refractivity contribution in [2.24, 2.45) is 0 Å². The molecule has 0 aromatic heterocycles. The van der Waals surface area contributed by atoms with Crippen LogP contribution in [0.2, 0.25) is 0 Å². The van der Waals surface area contributed by atoms with Gasteiger partial charge in [0, 0.05) is 11.6 Å². The van der Waals surface area contributed by atoms with E-state index in [0.717, 1.165) is 18.2 Å².